The van der Waals surface area contributed by atoms with Gasteiger partial charge in [-0.3, -0.25) is 0 Å². The highest BCUT2D eigenvalue weighted by atomic mass is 19.1. The third-order valence-electron chi connectivity index (χ3n) is 3.44. The van der Waals surface area contributed by atoms with E-state index in [4.69, 9.17) is 0 Å². The van der Waals surface area contributed by atoms with Gasteiger partial charge in [0.25, 0.3) is 0 Å². The smallest absolute Gasteiger partial charge is 0.146 e. The molecule has 16 heavy (non-hydrogen) atoms. The fourth-order valence-electron chi connectivity index (χ4n) is 2.30. The zero-order valence-corrected chi connectivity index (χ0v) is 10.1. The molecule has 1 fully saturated rings. The first kappa shape index (κ1) is 11.4. The summed E-state index contributed by atoms with van der Waals surface area (Å²) in [7, 11) is 0. The van der Waals surface area contributed by atoms with Gasteiger partial charge in [0.2, 0.25) is 0 Å². The lowest BCUT2D eigenvalue weighted by Gasteiger charge is -2.29. The third kappa shape index (κ3) is 2.75. The Kier molecular flexibility index (Phi) is 3.47. The van der Waals surface area contributed by atoms with Crippen LogP contribution in [0.5, 0.6) is 0 Å². The summed E-state index contributed by atoms with van der Waals surface area (Å²) in [5.41, 5.74) is 1.74. The Balaban J connectivity index is 1.93. The normalized spacial score (nSPS) is 17.9. The maximum Gasteiger partial charge on any atom is 0.146 e. The van der Waals surface area contributed by atoms with Gasteiger partial charge in [0.1, 0.15) is 5.82 Å². The van der Waals surface area contributed by atoms with E-state index >= 15 is 0 Å². The van der Waals surface area contributed by atoms with Crippen LogP contribution in [0.1, 0.15) is 38.2 Å². The molecule has 2 rings (SSSR count). The van der Waals surface area contributed by atoms with Gasteiger partial charge in [-0.05, 0) is 43.9 Å². The van der Waals surface area contributed by atoms with Crippen molar-refractivity contribution in [3.8, 4) is 0 Å². The highest BCUT2D eigenvalue weighted by Crippen LogP contribution is 2.31. The van der Waals surface area contributed by atoms with Gasteiger partial charge in [-0.15, -0.1) is 0 Å². The number of nitrogens with one attached hydrogen (secondary N) is 1. The number of hydrogen-bond acceptors (Lipinski definition) is 1. The lowest BCUT2D eigenvalue weighted by atomic mass is 9.81. The van der Waals surface area contributed by atoms with Gasteiger partial charge >= 0.3 is 0 Å². The summed E-state index contributed by atoms with van der Waals surface area (Å²) in [6.07, 6.45) is 5.23. The van der Waals surface area contributed by atoms with Crippen molar-refractivity contribution >= 4 is 5.69 Å². The van der Waals surface area contributed by atoms with Crippen molar-refractivity contribution in [1.82, 2.24) is 0 Å². The number of benzene rings is 1. The summed E-state index contributed by atoms with van der Waals surface area (Å²) >= 11 is 0. The number of rotatable bonds is 4. The number of halogens is 1. The largest absolute Gasteiger partial charge is 0.380 e. The van der Waals surface area contributed by atoms with Gasteiger partial charge in [-0.2, -0.15) is 0 Å². The molecule has 1 aromatic rings. The van der Waals surface area contributed by atoms with E-state index in [0.717, 1.165) is 17.9 Å². The fourth-order valence-corrected chi connectivity index (χ4v) is 2.30. The van der Waals surface area contributed by atoms with Crippen molar-refractivity contribution in [2.24, 2.45) is 5.92 Å². The van der Waals surface area contributed by atoms with Crippen LogP contribution in [0.4, 0.5) is 10.1 Å². The summed E-state index contributed by atoms with van der Waals surface area (Å²) in [5, 5.41) is 3.28. The molecule has 1 N–H and O–H groups in total. The van der Waals surface area contributed by atoms with Gasteiger partial charge in [-0.1, -0.05) is 25.3 Å². The lowest BCUT2D eigenvalue weighted by molar-refractivity contribution is 0.285. The van der Waals surface area contributed by atoms with Gasteiger partial charge in [0.05, 0.1) is 5.69 Å². The first-order valence-electron chi connectivity index (χ1n) is 6.18. The Morgan fingerprint density at radius 2 is 2.19 bits per heavy atom. The molecule has 0 radical (unpaired) electrons. The monoisotopic (exact) mass is 221 g/mol. The van der Waals surface area contributed by atoms with Crippen molar-refractivity contribution in [3.63, 3.8) is 0 Å². The molecule has 1 atom stereocenters. The van der Waals surface area contributed by atoms with Crippen LogP contribution in [0.2, 0.25) is 0 Å². The molecule has 0 amide bonds. The summed E-state index contributed by atoms with van der Waals surface area (Å²) < 4.78 is 13.5. The maximum absolute atomic E-state index is 13.5. The highest BCUT2D eigenvalue weighted by molar-refractivity contribution is 5.47. The van der Waals surface area contributed by atoms with Gasteiger partial charge < -0.3 is 5.32 Å². The van der Waals surface area contributed by atoms with Crippen LogP contribution >= 0.6 is 0 Å². The van der Waals surface area contributed by atoms with Gasteiger partial charge in [0.15, 0.2) is 0 Å². The molecule has 1 aliphatic carbocycles. The second-order valence-corrected chi connectivity index (χ2v) is 5.06. The van der Waals surface area contributed by atoms with Crippen molar-refractivity contribution < 1.29 is 4.39 Å². The molecule has 0 heterocycles. The van der Waals surface area contributed by atoms with E-state index in [1.807, 2.05) is 13.0 Å². The Labute approximate surface area is 97.1 Å². The molecule has 1 unspecified atom stereocenters. The van der Waals surface area contributed by atoms with E-state index in [9.17, 15) is 4.39 Å². The van der Waals surface area contributed by atoms with E-state index in [1.54, 1.807) is 6.07 Å². The first-order valence-corrected chi connectivity index (χ1v) is 6.18. The minimum absolute atomic E-state index is 0.147. The Hall–Kier alpha value is -1.05. The topological polar surface area (TPSA) is 12.0 Å². The first-order chi connectivity index (χ1) is 7.65. The van der Waals surface area contributed by atoms with Gasteiger partial charge in [-0.25, -0.2) is 4.39 Å². The second-order valence-electron chi connectivity index (χ2n) is 5.06. The van der Waals surface area contributed by atoms with E-state index in [1.165, 1.54) is 25.3 Å². The lowest BCUT2D eigenvalue weighted by Crippen LogP contribution is -2.23. The molecule has 0 bridgehead atoms. The minimum atomic E-state index is -0.147. The second kappa shape index (κ2) is 4.86. The van der Waals surface area contributed by atoms with Crippen molar-refractivity contribution in [2.45, 2.75) is 45.6 Å². The van der Waals surface area contributed by atoms with Gasteiger partial charge in [0, 0.05) is 6.04 Å². The predicted octanol–water partition coefficient (Wildman–Crippen LogP) is 4.12. The summed E-state index contributed by atoms with van der Waals surface area (Å²) in [6, 6.07) is 5.58. The molecule has 0 aliphatic heterocycles. The van der Waals surface area contributed by atoms with Crippen LogP contribution < -0.4 is 5.32 Å². The SMILES string of the molecule is Cc1ccc(F)c(NC(C)CC2CCC2)c1. The summed E-state index contributed by atoms with van der Waals surface area (Å²) in [5.74, 6) is 0.710. The molecule has 0 saturated heterocycles. The van der Waals surface area contributed by atoms with E-state index in [2.05, 4.69) is 12.2 Å². The molecular weight excluding hydrogens is 201 g/mol. The van der Waals surface area contributed by atoms with Crippen molar-refractivity contribution in [2.75, 3.05) is 5.32 Å². The third-order valence-corrected chi connectivity index (χ3v) is 3.44. The number of hydrogen-bond donors (Lipinski definition) is 1. The average molecular weight is 221 g/mol. The zero-order chi connectivity index (χ0) is 11.5. The molecular formula is C14H20FN. The molecule has 1 aliphatic rings. The number of anilines is 1. The summed E-state index contributed by atoms with van der Waals surface area (Å²) in [4.78, 5) is 0. The molecule has 1 aromatic carbocycles. The van der Waals surface area contributed by atoms with Crippen LogP contribution in [-0.2, 0) is 0 Å². The highest BCUT2D eigenvalue weighted by Gasteiger charge is 2.20. The summed E-state index contributed by atoms with van der Waals surface area (Å²) in [6.45, 7) is 4.13. The molecule has 2 heteroatoms. The Bertz CT molecular complexity index is 358. The van der Waals surface area contributed by atoms with E-state index in [-0.39, 0.29) is 5.82 Å². The van der Waals surface area contributed by atoms with Crippen LogP contribution in [0.15, 0.2) is 18.2 Å². The molecule has 0 aromatic heterocycles. The average Bonchev–Trinajstić information content (AvgIpc) is 2.18. The van der Waals surface area contributed by atoms with Crippen LogP contribution in [-0.4, -0.2) is 6.04 Å². The Morgan fingerprint density at radius 1 is 1.44 bits per heavy atom. The molecule has 1 saturated carbocycles. The molecule has 1 nitrogen and oxygen atoms in total. The minimum Gasteiger partial charge on any atom is -0.380 e. The fraction of sp³-hybridized carbons (Fsp3) is 0.571. The van der Waals surface area contributed by atoms with Crippen LogP contribution in [0.25, 0.3) is 0 Å². The van der Waals surface area contributed by atoms with Crippen molar-refractivity contribution in [1.29, 1.82) is 0 Å². The standard InChI is InChI=1S/C14H20FN/c1-10-6-7-13(15)14(8-10)16-11(2)9-12-4-3-5-12/h6-8,11-12,16H,3-5,9H2,1-2H3. The zero-order valence-electron chi connectivity index (χ0n) is 10.1. The van der Waals surface area contributed by atoms with Crippen LogP contribution in [0.3, 0.4) is 0 Å². The molecule has 88 valence electrons. The number of aryl methyl sites for hydroxylation is 1. The predicted molar refractivity (Wildman–Crippen MR) is 66.2 cm³/mol. The quantitative estimate of drug-likeness (QED) is 0.806. The molecule has 0 spiro atoms. The van der Waals surface area contributed by atoms with Crippen molar-refractivity contribution in [3.05, 3.63) is 29.6 Å². The van der Waals surface area contributed by atoms with E-state index in [0.29, 0.717) is 11.7 Å². The Morgan fingerprint density at radius 3 is 2.81 bits per heavy atom. The maximum atomic E-state index is 13.5. The van der Waals surface area contributed by atoms with Crippen LogP contribution in [0, 0.1) is 18.7 Å². The van der Waals surface area contributed by atoms with E-state index < -0.39 is 0 Å².